The first-order valence-corrected chi connectivity index (χ1v) is 4.55. The number of carbonyl (C=O) groups is 2. The van der Waals surface area contributed by atoms with Gasteiger partial charge in [-0.3, -0.25) is 9.59 Å². The zero-order valence-corrected chi connectivity index (χ0v) is 9.25. The van der Waals surface area contributed by atoms with Crippen molar-refractivity contribution < 1.29 is 23.5 Å². The van der Waals surface area contributed by atoms with Crippen LogP contribution in [0.3, 0.4) is 0 Å². The molecule has 13 heavy (non-hydrogen) atoms. The summed E-state index contributed by atoms with van der Waals surface area (Å²) in [5.74, 6) is -1.76. The fourth-order valence-electron chi connectivity index (χ4n) is 1.16. The van der Waals surface area contributed by atoms with Crippen LogP contribution in [0.2, 0.25) is 0 Å². The third-order valence-electron chi connectivity index (χ3n) is 2.05. The lowest BCUT2D eigenvalue weighted by atomic mass is 10.1. The standard InChI is InChI=1S/C7H8FIO4/c1-12-4(10)6(5(11)13-2)3-7(6,8)9/h3H2,1-2H3. The second-order valence-corrected chi connectivity index (χ2v) is 4.48. The number of hydrogen-bond acceptors (Lipinski definition) is 4. The SMILES string of the molecule is COC(=O)C1(C(=O)OC)CC1(F)I. The van der Waals surface area contributed by atoms with Gasteiger partial charge in [0, 0.05) is 6.42 Å². The zero-order chi connectivity index (χ0) is 10.3. The summed E-state index contributed by atoms with van der Waals surface area (Å²) in [5, 5.41) is 0. The Morgan fingerprint density at radius 1 is 1.31 bits per heavy atom. The second-order valence-electron chi connectivity index (χ2n) is 2.77. The van der Waals surface area contributed by atoms with Crippen molar-refractivity contribution in [1.82, 2.24) is 0 Å². The van der Waals surface area contributed by atoms with E-state index in [4.69, 9.17) is 0 Å². The molecule has 1 saturated carbocycles. The average Bonchev–Trinajstić information content (AvgIpc) is 2.68. The molecule has 0 aromatic rings. The maximum atomic E-state index is 13.4. The van der Waals surface area contributed by atoms with Crippen molar-refractivity contribution in [2.75, 3.05) is 14.2 Å². The molecule has 1 aliphatic carbocycles. The Balaban J connectivity index is 2.94. The molecular weight excluding hydrogens is 294 g/mol. The number of hydrogen-bond donors (Lipinski definition) is 0. The number of ether oxygens (including phenoxy) is 2. The Labute approximate surface area is 87.9 Å². The first-order chi connectivity index (χ1) is 5.92. The van der Waals surface area contributed by atoms with E-state index in [1.807, 2.05) is 0 Å². The van der Waals surface area contributed by atoms with Crippen molar-refractivity contribution in [1.29, 1.82) is 0 Å². The highest BCUT2D eigenvalue weighted by atomic mass is 127. The van der Waals surface area contributed by atoms with Crippen LogP contribution in [0.15, 0.2) is 0 Å². The maximum Gasteiger partial charge on any atom is 0.327 e. The van der Waals surface area contributed by atoms with Crippen LogP contribution in [-0.2, 0) is 19.1 Å². The van der Waals surface area contributed by atoms with Gasteiger partial charge in [-0.1, -0.05) is 0 Å². The molecule has 0 heterocycles. The van der Waals surface area contributed by atoms with Gasteiger partial charge in [0.05, 0.1) is 14.2 Å². The van der Waals surface area contributed by atoms with Crippen LogP contribution in [0.5, 0.6) is 0 Å². The van der Waals surface area contributed by atoms with Gasteiger partial charge in [0.2, 0.25) is 5.41 Å². The molecule has 0 radical (unpaired) electrons. The van der Waals surface area contributed by atoms with Crippen LogP contribution in [0.25, 0.3) is 0 Å². The molecule has 0 aliphatic heterocycles. The summed E-state index contributed by atoms with van der Waals surface area (Å²) in [6.45, 7) is 0. The van der Waals surface area contributed by atoms with Crippen LogP contribution < -0.4 is 0 Å². The van der Waals surface area contributed by atoms with Gasteiger partial charge in [0.25, 0.3) is 0 Å². The van der Waals surface area contributed by atoms with Gasteiger partial charge in [-0.2, -0.15) is 0 Å². The van der Waals surface area contributed by atoms with Gasteiger partial charge in [0.15, 0.2) is 3.68 Å². The lowest BCUT2D eigenvalue weighted by Crippen LogP contribution is -2.33. The molecule has 1 fully saturated rings. The van der Waals surface area contributed by atoms with E-state index >= 15 is 0 Å². The normalized spacial score (nSPS) is 29.2. The molecule has 1 rings (SSSR count). The maximum absolute atomic E-state index is 13.4. The number of alkyl halides is 2. The smallest absolute Gasteiger partial charge is 0.327 e. The Kier molecular flexibility index (Phi) is 2.52. The minimum absolute atomic E-state index is 0.181. The molecule has 0 saturated heterocycles. The quantitative estimate of drug-likeness (QED) is 0.328. The monoisotopic (exact) mass is 302 g/mol. The highest BCUT2D eigenvalue weighted by Gasteiger charge is 2.79. The van der Waals surface area contributed by atoms with Gasteiger partial charge in [-0.25, -0.2) is 4.39 Å². The minimum atomic E-state index is -1.87. The van der Waals surface area contributed by atoms with Crippen LogP contribution in [0.1, 0.15) is 6.42 Å². The van der Waals surface area contributed by atoms with Gasteiger partial charge in [-0.15, -0.1) is 0 Å². The molecule has 6 heteroatoms. The minimum Gasteiger partial charge on any atom is -0.468 e. The van der Waals surface area contributed by atoms with Gasteiger partial charge in [-0.05, 0) is 22.6 Å². The highest BCUT2D eigenvalue weighted by Crippen LogP contribution is 2.65. The summed E-state index contributed by atoms with van der Waals surface area (Å²) in [4.78, 5) is 22.3. The van der Waals surface area contributed by atoms with E-state index in [0.29, 0.717) is 0 Å². The second kappa shape index (κ2) is 3.07. The van der Waals surface area contributed by atoms with E-state index < -0.39 is 21.0 Å². The zero-order valence-electron chi connectivity index (χ0n) is 7.10. The number of methoxy groups -OCH3 is 2. The van der Waals surface area contributed by atoms with Crippen LogP contribution >= 0.6 is 22.6 Å². The van der Waals surface area contributed by atoms with Gasteiger partial charge >= 0.3 is 11.9 Å². The molecule has 74 valence electrons. The van der Waals surface area contributed by atoms with E-state index in [1.54, 1.807) is 0 Å². The summed E-state index contributed by atoms with van der Waals surface area (Å²) in [6, 6.07) is 0. The van der Waals surface area contributed by atoms with E-state index in [2.05, 4.69) is 9.47 Å². The van der Waals surface area contributed by atoms with Crippen LogP contribution in [0.4, 0.5) is 4.39 Å². The Bertz CT molecular complexity index is 247. The lowest BCUT2D eigenvalue weighted by molar-refractivity contribution is -0.162. The first kappa shape index (κ1) is 10.7. The molecule has 0 aromatic carbocycles. The molecule has 0 aromatic heterocycles. The molecule has 0 N–H and O–H groups in total. The first-order valence-electron chi connectivity index (χ1n) is 3.47. The van der Waals surface area contributed by atoms with Gasteiger partial charge in [0.1, 0.15) is 0 Å². The van der Waals surface area contributed by atoms with E-state index in [0.717, 1.165) is 14.2 Å². The Morgan fingerprint density at radius 3 is 1.77 bits per heavy atom. The molecule has 1 atom stereocenters. The van der Waals surface area contributed by atoms with Crippen molar-refractivity contribution in [2.45, 2.75) is 10.1 Å². The van der Waals surface area contributed by atoms with Crippen molar-refractivity contribution in [3.05, 3.63) is 0 Å². The molecule has 4 nitrogen and oxygen atoms in total. The van der Waals surface area contributed by atoms with Crippen LogP contribution in [-0.4, -0.2) is 29.8 Å². The molecule has 0 bridgehead atoms. The van der Waals surface area contributed by atoms with Crippen molar-refractivity contribution in [2.24, 2.45) is 5.41 Å². The van der Waals surface area contributed by atoms with Gasteiger partial charge < -0.3 is 9.47 Å². The van der Waals surface area contributed by atoms with Crippen molar-refractivity contribution in [3.63, 3.8) is 0 Å². The Hall–Kier alpha value is -0.400. The largest absolute Gasteiger partial charge is 0.468 e. The predicted octanol–water partition coefficient (Wildman–Crippen LogP) is 0.823. The number of esters is 2. The van der Waals surface area contributed by atoms with Crippen molar-refractivity contribution in [3.8, 4) is 0 Å². The number of halogens is 2. The van der Waals surface area contributed by atoms with E-state index in [1.165, 1.54) is 22.6 Å². The predicted molar refractivity (Wildman–Crippen MR) is 48.9 cm³/mol. The molecule has 1 unspecified atom stereocenters. The third-order valence-corrected chi connectivity index (χ3v) is 3.36. The molecular formula is C7H8FIO4. The van der Waals surface area contributed by atoms with Crippen molar-refractivity contribution >= 4 is 34.5 Å². The van der Waals surface area contributed by atoms with E-state index in [9.17, 15) is 14.0 Å². The molecule has 0 amide bonds. The lowest BCUT2D eigenvalue weighted by Gasteiger charge is -2.11. The summed E-state index contributed by atoms with van der Waals surface area (Å²) in [7, 11) is 2.22. The topological polar surface area (TPSA) is 52.6 Å². The molecule has 1 aliphatic rings. The van der Waals surface area contributed by atoms with E-state index in [-0.39, 0.29) is 6.42 Å². The molecule has 0 spiro atoms. The fourth-order valence-corrected chi connectivity index (χ4v) is 2.18. The number of rotatable bonds is 2. The fraction of sp³-hybridized carbons (Fsp3) is 0.714. The summed E-state index contributed by atoms with van der Waals surface area (Å²) in [6.07, 6.45) is -0.181. The van der Waals surface area contributed by atoms with Crippen LogP contribution in [0, 0.1) is 5.41 Å². The average molecular weight is 302 g/mol. The summed E-state index contributed by atoms with van der Waals surface area (Å²) in [5.41, 5.74) is -1.74. The highest BCUT2D eigenvalue weighted by molar-refractivity contribution is 14.1. The summed E-state index contributed by atoms with van der Waals surface area (Å²) < 4.78 is 20.2. The Morgan fingerprint density at radius 2 is 1.62 bits per heavy atom. The third kappa shape index (κ3) is 1.31. The summed E-state index contributed by atoms with van der Waals surface area (Å²) >= 11 is 1.41. The number of carbonyl (C=O) groups excluding carboxylic acids is 2.